The predicted octanol–water partition coefficient (Wildman–Crippen LogP) is 4.88. The standard InChI is InChI=1S/C24H20ClFN6O2/c1-14-18(12-22(25)30-29-14)23(31-33)15-2-5-20(26)19(10-15)24-17-4-3-16(11-21(17)27-13-28-24)32-6-8-34-9-7-32/h2-5,10-13,23H,6-9H2,1H3. The minimum Gasteiger partial charge on any atom is -0.378 e. The van der Waals surface area contributed by atoms with Crippen molar-refractivity contribution in [1.82, 2.24) is 20.2 Å². The summed E-state index contributed by atoms with van der Waals surface area (Å²) in [4.78, 5) is 22.8. The van der Waals surface area contributed by atoms with Crippen molar-refractivity contribution in [2.75, 3.05) is 31.2 Å². The number of hydrogen-bond donors (Lipinski definition) is 0. The Kier molecular flexibility index (Phi) is 6.12. The first-order valence-electron chi connectivity index (χ1n) is 10.7. The molecule has 0 spiro atoms. The number of morpholine rings is 1. The van der Waals surface area contributed by atoms with E-state index in [1.165, 1.54) is 18.5 Å². The minimum absolute atomic E-state index is 0.148. The second-order valence-electron chi connectivity index (χ2n) is 7.98. The summed E-state index contributed by atoms with van der Waals surface area (Å²) in [6, 6.07) is 10.9. The van der Waals surface area contributed by atoms with Gasteiger partial charge in [-0.3, -0.25) is 0 Å². The Bertz CT molecular complexity index is 1380. The van der Waals surface area contributed by atoms with E-state index in [4.69, 9.17) is 16.3 Å². The molecule has 1 aliphatic rings. The number of benzene rings is 2. The Morgan fingerprint density at radius 2 is 1.91 bits per heavy atom. The quantitative estimate of drug-likeness (QED) is 0.377. The third-order valence-corrected chi connectivity index (χ3v) is 6.13. The first kappa shape index (κ1) is 22.2. The molecule has 34 heavy (non-hydrogen) atoms. The average Bonchev–Trinajstić information content (AvgIpc) is 2.87. The molecule has 8 nitrogen and oxygen atoms in total. The molecule has 172 valence electrons. The van der Waals surface area contributed by atoms with Crippen molar-refractivity contribution in [3.8, 4) is 11.3 Å². The van der Waals surface area contributed by atoms with E-state index in [1.807, 2.05) is 18.2 Å². The van der Waals surface area contributed by atoms with Crippen LogP contribution in [0, 0.1) is 17.6 Å². The highest BCUT2D eigenvalue weighted by Crippen LogP contribution is 2.35. The number of fused-ring (bicyclic) bond motifs is 1. The predicted molar refractivity (Wildman–Crippen MR) is 127 cm³/mol. The van der Waals surface area contributed by atoms with Crippen molar-refractivity contribution in [3.05, 3.63) is 81.5 Å². The lowest BCUT2D eigenvalue weighted by atomic mass is 9.95. The zero-order valence-corrected chi connectivity index (χ0v) is 19.0. The fourth-order valence-electron chi connectivity index (χ4n) is 4.19. The maximum atomic E-state index is 15.0. The maximum Gasteiger partial charge on any atom is 0.152 e. The molecule has 5 rings (SSSR count). The van der Waals surface area contributed by atoms with Crippen LogP contribution in [-0.2, 0) is 4.74 Å². The van der Waals surface area contributed by atoms with Gasteiger partial charge in [-0.1, -0.05) is 22.8 Å². The van der Waals surface area contributed by atoms with Gasteiger partial charge in [0.25, 0.3) is 0 Å². The van der Waals surface area contributed by atoms with Crippen molar-refractivity contribution < 1.29 is 9.13 Å². The number of nitrogens with zero attached hydrogens (tertiary/aromatic N) is 6. The molecule has 0 radical (unpaired) electrons. The van der Waals surface area contributed by atoms with Gasteiger partial charge >= 0.3 is 0 Å². The molecule has 3 heterocycles. The monoisotopic (exact) mass is 478 g/mol. The van der Waals surface area contributed by atoms with Gasteiger partial charge in [0, 0.05) is 35.3 Å². The molecule has 1 saturated heterocycles. The summed E-state index contributed by atoms with van der Waals surface area (Å²) in [5.41, 5.74) is 3.93. The summed E-state index contributed by atoms with van der Waals surface area (Å²) in [6.07, 6.45) is 1.42. The molecule has 0 amide bonds. The topological polar surface area (TPSA) is 93.5 Å². The van der Waals surface area contributed by atoms with Crippen molar-refractivity contribution in [3.63, 3.8) is 0 Å². The smallest absolute Gasteiger partial charge is 0.152 e. The number of halogens is 2. The molecule has 2 aromatic carbocycles. The van der Waals surface area contributed by atoms with Crippen LogP contribution in [0.4, 0.5) is 10.1 Å². The Morgan fingerprint density at radius 3 is 2.71 bits per heavy atom. The summed E-state index contributed by atoms with van der Waals surface area (Å²) in [6.45, 7) is 4.66. The number of aryl methyl sites for hydroxylation is 1. The Balaban J connectivity index is 1.58. The maximum absolute atomic E-state index is 15.0. The van der Waals surface area contributed by atoms with Crippen LogP contribution < -0.4 is 4.90 Å². The van der Waals surface area contributed by atoms with Crippen molar-refractivity contribution in [1.29, 1.82) is 0 Å². The van der Waals surface area contributed by atoms with Gasteiger partial charge in [-0.05, 0) is 48.9 Å². The van der Waals surface area contributed by atoms with Crippen LogP contribution in [0.15, 0.2) is 54.0 Å². The van der Waals surface area contributed by atoms with Crippen molar-refractivity contribution >= 4 is 28.2 Å². The summed E-state index contributed by atoms with van der Waals surface area (Å²) < 4.78 is 20.5. The normalized spacial score (nSPS) is 14.9. The van der Waals surface area contributed by atoms with Crippen LogP contribution in [0.2, 0.25) is 5.15 Å². The van der Waals surface area contributed by atoms with E-state index < -0.39 is 11.9 Å². The fraction of sp³-hybridized carbons (Fsp3) is 0.250. The van der Waals surface area contributed by atoms with Crippen LogP contribution in [0.1, 0.15) is 22.9 Å². The fourth-order valence-corrected chi connectivity index (χ4v) is 4.34. The van der Waals surface area contributed by atoms with Gasteiger partial charge in [0.05, 0.1) is 30.1 Å². The molecule has 0 bridgehead atoms. The molecule has 1 atom stereocenters. The molecule has 1 fully saturated rings. The van der Waals surface area contributed by atoms with Crippen LogP contribution >= 0.6 is 11.6 Å². The molecule has 0 saturated carbocycles. The highest BCUT2D eigenvalue weighted by molar-refractivity contribution is 6.29. The molecule has 1 unspecified atom stereocenters. The van der Waals surface area contributed by atoms with E-state index in [9.17, 15) is 4.91 Å². The molecular weight excluding hydrogens is 459 g/mol. The Labute approximate surface area is 199 Å². The highest BCUT2D eigenvalue weighted by atomic mass is 35.5. The van der Waals surface area contributed by atoms with Crippen molar-refractivity contribution in [2.45, 2.75) is 13.0 Å². The van der Waals surface area contributed by atoms with Crippen LogP contribution in [0.3, 0.4) is 0 Å². The molecular formula is C24H20ClFN6O2. The largest absolute Gasteiger partial charge is 0.378 e. The van der Waals surface area contributed by atoms with Crippen LogP contribution in [-0.4, -0.2) is 46.5 Å². The van der Waals surface area contributed by atoms with E-state index in [0.717, 1.165) is 18.8 Å². The summed E-state index contributed by atoms with van der Waals surface area (Å²) in [7, 11) is 0. The van der Waals surface area contributed by atoms with Gasteiger partial charge < -0.3 is 9.64 Å². The summed E-state index contributed by atoms with van der Waals surface area (Å²) in [5.74, 6) is -0.465. The van der Waals surface area contributed by atoms with E-state index in [2.05, 4.69) is 30.2 Å². The minimum atomic E-state index is -0.923. The number of nitroso groups, excluding NO2 is 1. The second-order valence-corrected chi connectivity index (χ2v) is 8.37. The third-order valence-electron chi connectivity index (χ3n) is 5.95. The number of hydrogen-bond acceptors (Lipinski definition) is 8. The first-order chi connectivity index (χ1) is 16.5. The highest BCUT2D eigenvalue weighted by Gasteiger charge is 2.22. The lowest BCUT2D eigenvalue weighted by molar-refractivity contribution is 0.122. The summed E-state index contributed by atoms with van der Waals surface area (Å²) >= 11 is 5.99. The number of anilines is 1. The van der Waals surface area contributed by atoms with Gasteiger partial charge in [0.2, 0.25) is 0 Å². The molecule has 2 aromatic heterocycles. The second kappa shape index (κ2) is 9.36. The molecule has 10 heteroatoms. The Morgan fingerprint density at radius 1 is 1.09 bits per heavy atom. The SMILES string of the molecule is Cc1nnc(Cl)cc1C(N=O)c1ccc(F)c(-c2ncnc3cc(N4CCOCC4)ccc23)c1. The zero-order valence-electron chi connectivity index (χ0n) is 18.3. The lowest BCUT2D eigenvalue weighted by Gasteiger charge is -2.29. The number of rotatable bonds is 5. The van der Waals surface area contributed by atoms with Gasteiger partial charge in [0.1, 0.15) is 18.2 Å². The molecule has 0 aliphatic carbocycles. The van der Waals surface area contributed by atoms with Gasteiger partial charge in [-0.25, -0.2) is 14.4 Å². The van der Waals surface area contributed by atoms with Crippen LogP contribution in [0.25, 0.3) is 22.2 Å². The van der Waals surface area contributed by atoms with Gasteiger partial charge in [-0.15, -0.1) is 10.0 Å². The van der Waals surface area contributed by atoms with E-state index in [0.29, 0.717) is 46.6 Å². The van der Waals surface area contributed by atoms with E-state index in [1.54, 1.807) is 19.1 Å². The van der Waals surface area contributed by atoms with E-state index >= 15 is 4.39 Å². The summed E-state index contributed by atoms with van der Waals surface area (Å²) in [5, 5.41) is 11.9. The first-order valence-corrected chi connectivity index (χ1v) is 11.1. The average molecular weight is 479 g/mol. The zero-order chi connectivity index (χ0) is 23.7. The number of aromatic nitrogens is 4. The molecule has 4 aromatic rings. The van der Waals surface area contributed by atoms with Gasteiger partial charge in [0.15, 0.2) is 5.15 Å². The van der Waals surface area contributed by atoms with Crippen LogP contribution in [0.5, 0.6) is 0 Å². The van der Waals surface area contributed by atoms with E-state index in [-0.39, 0.29) is 10.7 Å². The third kappa shape index (κ3) is 4.20. The Hall–Kier alpha value is -3.56. The number of ether oxygens (including phenoxy) is 1. The van der Waals surface area contributed by atoms with Gasteiger partial charge in [-0.2, -0.15) is 5.10 Å². The molecule has 0 N–H and O–H groups in total. The molecule has 1 aliphatic heterocycles. The lowest BCUT2D eigenvalue weighted by Crippen LogP contribution is -2.36. The van der Waals surface area contributed by atoms with Crippen molar-refractivity contribution in [2.24, 2.45) is 5.18 Å².